The van der Waals surface area contributed by atoms with Crippen LogP contribution in [0.15, 0.2) is 42.9 Å². The van der Waals surface area contributed by atoms with Crippen molar-refractivity contribution in [2.75, 3.05) is 23.9 Å². The molecule has 0 aromatic carbocycles. The fourth-order valence-corrected chi connectivity index (χ4v) is 4.57. The smallest absolute Gasteiger partial charge is 0.272 e. The minimum atomic E-state index is -3.04. The molecular formula is C17H20N4O3S. The predicted molar refractivity (Wildman–Crippen MR) is 95.0 cm³/mol. The summed E-state index contributed by atoms with van der Waals surface area (Å²) in [6.45, 7) is 0.586. The van der Waals surface area contributed by atoms with Crippen molar-refractivity contribution in [2.45, 2.75) is 19.0 Å². The van der Waals surface area contributed by atoms with Crippen molar-refractivity contribution in [1.29, 1.82) is 0 Å². The number of hydrogen-bond donors (Lipinski definition) is 1. The molecule has 0 radical (unpaired) electrons. The lowest BCUT2D eigenvalue weighted by atomic mass is 10.2. The third kappa shape index (κ3) is 4.33. The van der Waals surface area contributed by atoms with Crippen molar-refractivity contribution >= 4 is 21.4 Å². The van der Waals surface area contributed by atoms with Crippen LogP contribution in [0.25, 0.3) is 0 Å². The highest BCUT2D eigenvalue weighted by atomic mass is 32.2. The van der Waals surface area contributed by atoms with Gasteiger partial charge in [-0.1, -0.05) is 6.07 Å². The third-order valence-corrected chi connectivity index (χ3v) is 6.03. The molecule has 2 aromatic rings. The largest absolute Gasteiger partial charge is 0.381 e. The number of anilines is 1. The van der Waals surface area contributed by atoms with E-state index in [2.05, 4.69) is 15.3 Å². The summed E-state index contributed by atoms with van der Waals surface area (Å²) in [6, 6.07) is 7.00. The lowest BCUT2D eigenvalue weighted by Gasteiger charge is -2.23. The summed E-state index contributed by atoms with van der Waals surface area (Å²) in [7, 11) is -1.41. The molecule has 132 valence electrons. The molecule has 25 heavy (non-hydrogen) atoms. The molecule has 8 heteroatoms. The van der Waals surface area contributed by atoms with Crippen LogP contribution in [0.1, 0.15) is 22.5 Å². The topological polar surface area (TPSA) is 92.3 Å². The average Bonchev–Trinajstić information content (AvgIpc) is 3.00. The van der Waals surface area contributed by atoms with Gasteiger partial charge in [0.15, 0.2) is 9.84 Å². The first kappa shape index (κ1) is 17.3. The molecule has 1 saturated heterocycles. The van der Waals surface area contributed by atoms with Gasteiger partial charge in [-0.15, -0.1) is 0 Å². The van der Waals surface area contributed by atoms with E-state index in [0.29, 0.717) is 18.7 Å². The molecule has 1 fully saturated rings. The molecule has 7 nitrogen and oxygen atoms in total. The molecule has 1 N–H and O–H groups in total. The van der Waals surface area contributed by atoms with Crippen LogP contribution < -0.4 is 5.32 Å². The van der Waals surface area contributed by atoms with Crippen LogP contribution in [0.2, 0.25) is 0 Å². The molecule has 3 rings (SSSR count). The summed E-state index contributed by atoms with van der Waals surface area (Å²) in [5, 5.41) is 3.23. The lowest BCUT2D eigenvalue weighted by molar-refractivity contribution is 0.0742. The Bertz CT molecular complexity index is 855. The van der Waals surface area contributed by atoms with Crippen molar-refractivity contribution < 1.29 is 13.2 Å². The SMILES string of the molecule is CN(C(=O)c1cc(NCc2cccnc2)ccn1)C1CCS(=O)(=O)C1. The van der Waals surface area contributed by atoms with Gasteiger partial charge < -0.3 is 10.2 Å². The van der Waals surface area contributed by atoms with E-state index in [1.54, 1.807) is 37.8 Å². The number of aromatic nitrogens is 2. The lowest BCUT2D eigenvalue weighted by Crippen LogP contribution is -2.38. The number of carbonyl (C=O) groups is 1. The third-order valence-electron chi connectivity index (χ3n) is 4.27. The number of sulfone groups is 1. The number of amides is 1. The molecule has 0 saturated carbocycles. The molecule has 1 amide bonds. The standard InChI is InChI=1S/C17H20N4O3S/c1-21(15-5-8-25(23,24)12-15)17(22)16-9-14(4-7-19-16)20-11-13-3-2-6-18-10-13/h2-4,6-7,9-10,15H,5,8,11-12H2,1H3,(H,19,20). The minimum Gasteiger partial charge on any atom is -0.381 e. The number of rotatable bonds is 5. The van der Waals surface area contributed by atoms with Crippen molar-refractivity contribution in [2.24, 2.45) is 0 Å². The molecule has 0 aliphatic carbocycles. The fourth-order valence-electron chi connectivity index (χ4n) is 2.79. The van der Waals surface area contributed by atoms with E-state index >= 15 is 0 Å². The Labute approximate surface area is 147 Å². The molecule has 0 spiro atoms. The Morgan fingerprint density at radius 3 is 2.88 bits per heavy atom. The maximum Gasteiger partial charge on any atom is 0.272 e. The Morgan fingerprint density at radius 2 is 2.20 bits per heavy atom. The van der Waals surface area contributed by atoms with Crippen LogP contribution in [0.5, 0.6) is 0 Å². The van der Waals surface area contributed by atoms with Crippen molar-refractivity contribution in [3.63, 3.8) is 0 Å². The Balaban J connectivity index is 1.67. The van der Waals surface area contributed by atoms with Gasteiger partial charge in [-0.25, -0.2) is 8.42 Å². The zero-order valence-corrected chi connectivity index (χ0v) is 14.7. The normalized spacial score (nSPS) is 18.7. The molecule has 1 atom stereocenters. The maximum absolute atomic E-state index is 12.6. The summed E-state index contributed by atoms with van der Waals surface area (Å²) in [4.78, 5) is 22.3. The number of carbonyl (C=O) groups excluding carboxylic acids is 1. The first-order chi connectivity index (χ1) is 11.9. The monoisotopic (exact) mass is 360 g/mol. The van der Waals surface area contributed by atoms with Crippen molar-refractivity contribution in [1.82, 2.24) is 14.9 Å². The van der Waals surface area contributed by atoms with Gasteiger partial charge in [0.05, 0.1) is 11.5 Å². The molecule has 1 unspecified atom stereocenters. The average molecular weight is 360 g/mol. The zero-order valence-electron chi connectivity index (χ0n) is 13.9. The Hall–Kier alpha value is -2.48. The molecule has 1 aliphatic rings. The second kappa shape index (κ2) is 7.18. The van der Waals surface area contributed by atoms with E-state index in [9.17, 15) is 13.2 Å². The van der Waals surface area contributed by atoms with E-state index < -0.39 is 9.84 Å². The first-order valence-electron chi connectivity index (χ1n) is 8.01. The molecule has 3 heterocycles. The summed E-state index contributed by atoms with van der Waals surface area (Å²) < 4.78 is 23.2. The Morgan fingerprint density at radius 1 is 1.36 bits per heavy atom. The van der Waals surface area contributed by atoms with Crippen LogP contribution in [-0.2, 0) is 16.4 Å². The quantitative estimate of drug-likeness (QED) is 0.865. The van der Waals surface area contributed by atoms with E-state index in [-0.39, 0.29) is 23.5 Å². The highest BCUT2D eigenvalue weighted by molar-refractivity contribution is 7.91. The molecule has 2 aromatic heterocycles. The minimum absolute atomic E-state index is 0.0220. The van der Waals surface area contributed by atoms with Crippen LogP contribution >= 0.6 is 0 Å². The highest BCUT2D eigenvalue weighted by Crippen LogP contribution is 2.19. The molecule has 1 aliphatic heterocycles. The van der Waals surface area contributed by atoms with Gasteiger partial charge in [0.2, 0.25) is 0 Å². The van der Waals surface area contributed by atoms with Gasteiger partial charge in [-0.2, -0.15) is 0 Å². The predicted octanol–water partition coefficient (Wildman–Crippen LogP) is 1.35. The van der Waals surface area contributed by atoms with Crippen LogP contribution in [0, 0.1) is 0 Å². The van der Waals surface area contributed by atoms with Gasteiger partial charge in [0.1, 0.15) is 5.69 Å². The number of hydrogen-bond acceptors (Lipinski definition) is 6. The zero-order chi connectivity index (χ0) is 17.9. The fraction of sp³-hybridized carbons (Fsp3) is 0.353. The second-order valence-corrected chi connectivity index (χ2v) is 8.35. The maximum atomic E-state index is 12.6. The molecule has 0 bridgehead atoms. The van der Waals surface area contributed by atoms with Gasteiger partial charge in [-0.3, -0.25) is 14.8 Å². The number of pyridine rings is 2. The van der Waals surface area contributed by atoms with Crippen molar-refractivity contribution in [3.8, 4) is 0 Å². The number of nitrogens with one attached hydrogen (secondary N) is 1. The van der Waals surface area contributed by atoms with Gasteiger partial charge in [0, 0.05) is 43.9 Å². The van der Waals surface area contributed by atoms with Crippen LogP contribution in [0.4, 0.5) is 5.69 Å². The summed E-state index contributed by atoms with van der Waals surface area (Å²) >= 11 is 0. The van der Waals surface area contributed by atoms with Crippen LogP contribution in [-0.4, -0.2) is 53.8 Å². The second-order valence-electron chi connectivity index (χ2n) is 6.12. The van der Waals surface area contributed by atoms with Gasteiger partial charge >= 0.3 is 0 Å². The van der Waals surface area contributed by atoms with Crippen LogP contribution in [0.3, 0.4) is 0 Å². The van der Waals surface area contributed by atoms with E-state index in [1.165, 1.54) is 4.90 Å². The van der Waals surface area contributed by atoms with Gasteiger partial charge in [0.25, 0.3) is 5.91 Å². The first-order valence-corrected chi connectivity index (χ1v) is 9.83. The van der Waals surface area contributed by atoms with E-state index in [4.69, 9.17) is 0 Å². The highest BCUT2D eigenvalue weighted by Gasteiger charge is 2.33. The van der Waals surface area contributed by atoms with Gasteiger partial charge in [-0.05, 0) is 30.2 Å². The summed E-state index contributed by atoms with van der Waals surface area (Å²) in [5.74, 6) is -0.115. The molecular weight excluding hydrogens is 340 g/mol. The summed E-state index contributed by atoms with van der Waals surface area (Å²) in [6.07, 6.45) is 5.53. The van der Waals surface area contributed by atoms with E-state index in [0.717, 1.165) is 11.3 Å². The summed E-state index contributed by atoms with van der Waals surface area (Å²) in [5.41, 5.74) is 2.10. The number of nitrogens with zero attached hydrogens (tertiary/aromatic N) is 3. The van der Waals surface area contributed by atoms with E-state index in [1.807, 2.05) is 12.1 Å². The Kier molecular flexibility index (Phi) is 4.98. The van der Waals surface area contributed by atoms with Crippen molar-refractivity contribution in [3.05, 3.63) is 54.1 Å².